The molecular formula is C19H30N2O6S. The number of hydrogen-bond acceptors (Lipinski definition) is 6. The Bertz CT molecular complexity index is 759. The smallest absolute Gasteiger partial charge is 0.374 e. The molecule has 1 fully saturated rings. The van der Waals surface area contributed by atoms with E-state index in [4.69, 9.17) is 9.15 Å². The summed E-state index contributed by atoms with van der Waals surface area (Å²) in [6.45, 7) is 7.88. The monoisotopic (exact) mass is 414 g/mol. The molecule has 2 heterocycles. The molecule has 28 heavy (non-hydrogen) atoms. The third-order valence-electron chi connectivity index (χ3n) is 4.75. The van der Waals surface area contributed by atoms with Crippen molar-refractivity contribution in [1.29, 1.82) is 0 Å². The lowest BCUT2D eigenvalue weighted by Gasteiger charge is -2.33. The minimum atomic E-state index is -3.85. The summed E-state index contributed by atoms with van der Waals surface area (Å²) in [7, 11) is -3.85. The fraction of sp³-hybridized carbons (Fsp3) is 0.684. The Morgan fingerprint density at radius 3 is 2.29 bits per heavy atom. The van der Waals surface area contributed by atoms with E-state index >= 15 is 0 Å². The molecule has 0 aromatic carbocycles. The summed E-state index contributed by atoms with van der Waals surface area (Å²) >= 11 is 0. The molecule has 0 atom stereocenters. The Hall–Kier alpha value is -1.87. The Morgan fingerprint density at radius 2 is 1.75 bits per heavy atom. The van der Waals surface area contributed by atoms with Crippen molar-refractivity contribution in [2.45, 2.75) is 51.5 Å². The first-order valence-electron chi connectivity index (χ1n) is 9.91. The van der Waals surface area contributed by atoms with Gasteiger partial charge < -0.3 is 14.1 Å². The van der Waals surface area contributed by atoms with Crippen LogP contribution in [0.25, 0.3) is 0 Å². The number of carbonyl (C=O) groups is 2. The van der Waals surface area contributed by atoms with Gasteiger partial charge in [-0.1, -0.05) is 13.8 Å². The zero-order valence-electron chi connectivity index (χ0n) is 16.8. The fourth-order valence-corrected chi connectivity index (χ4v) is 4.75. The van der Waals surface area contributed by atoms with Crippen LogP contribution in [0.5, 0.6) is 0 Å². The van der Waals surface area contributed by atoms with Gasteiger partial charge in [-0.15, -0.1) is 0 Å². The number of ether oxygens (including phenoxy) is 1. The highest BCUT2D eigenvalue weighted by Crippen LogP contribution is 2.26. The average Bonchev–Trinajstić information content (AvgIpc) is 3.19. The van der Waals surface area contributed by atoms with E-state index in [2.05, 4.69) is 0 Å². The van der Waals surface area contributed by atoms with E-state index in [1.165, 1.54) is 16.4 Å². The van der Waals surface area contributed by atoms with Crippen LogP contribution in [0.4, 0.5) is 0 Å². The van der Waals surface area contributed by atoms with E-state index in [1.54, 1.807) is 6.92 Å². The van der Waals surface area contributed by atoms with Crippen molar-refractivity contribution < 1.29 is 27.2 Å². The second-order valence-corrected chi connectivity index (χ2v) is 8.71. The minimum absolute atomic E-state index is 0.114. The molecule has 1 aromatic heterocycles. The van der Waals surface area contributed by atoms with E-state index in [9.17, 15) is 18.0 Å². The van der Waals surface area contributed by atoms with Crippen molar-refractivity contribution in [2.75, 3.05) is 32.8 Å². The molecule has 1 saturated heterocycles. The molecule has 0 aliphatic carbocycles. The van der Waals surface area contributed by atoms with Gasteiger partial charge >= 0.3 is 5.97 Å². The summed E-state index contributed by atoms with van der Waals surface area (Å²) in [5.74, 6) is -0.875. The zero-order valence-corrected chi connectivity index (χ0v) is 17.7. The highest BCUT2D eigenvalue weighted by molar-refractivity contribution is 7.89. The van der Waals surface area contributed by atoms with Crippen LogP contribution in [0.3, 0.4) is 0 Å². The van der Waals surface area contributed by atoms with Crippen molar-refractivity contribution >= 4 is 21.9 Å². The molecule has 0 N–H and O–H groups in total. The normalized spacial score (nSPS) is 16.1. The van der Waals surface area contributed by atoms with Gasteiger partial charge in [0.1, 0.15) is 0 Å². The van der Waals surface area contributed by atoms with Crippen LogP contribution in [0, 0.1) is 5.92 Å². The van der Waals surface area contributed by atoms with Gasteiger partial charge in [0.05, 0.1) is 6.61 Å². The number of hydrogen-bond donors (Lipinski definition) is 0. The van der Waals surface area contributed by atoms with Gasteiger partial charge in [-0.3, -0.25) is 4.79 Å². The van der Waals surface area contributed by atoms with E-state index in [-0.39, 0.29) is 42.4 Å². The standard InChI is InChI=1S/C19H30N2O6S/c1-4-11-20(12-5-2)18(22)15-9-13-21(14-10-15)28(24,25)17-8-7-16(27-17)19(23)26-6-3/h7-8,15H,4-6,9-14H2,1-3H3. The predicted octanol–water partition coefficient (Wildman–Crippen LogP) is 2.51. The van der Waals surface area contributed by atoms with E-state index < -0.39 is 16.0 Å². The van der Waals surface area contributed by atoms with E-state index in [0.717, 1.165) is 25.9 Å². The lowest BCUT2D eigenvalue weighted by molar-refractivity contribution is -0.136. The van der Waals surface area contributed by atoms with Gasteiger partial charge in [0.15, 0.2) is 0 Å². The number of esters is 1. The van der Waals surface area contributed by atoms with Gasteiger partial charge in [-0.05, 0) is 44.7 Å². The first-order chi connectivity index (χ1) is 13.3. The molecule has 1 aliphatic heterocycles. The van der Waals surface area contributed by atoms with Crippen molar-refractivity contribution in [2.24, 2.45) is 5.92 Å². The highest BCUT2D eigenvalue weighted by atomic mass is 32.2. The number of sulfonamides is 1. The largest absolute Gasteiger partial charge is 0.460 e. The molecule has 1 amide bonds. The molecule has 0 unspecified atom stereocenters. The fourth-order valence-electron chi connectivity index (χ4n) is 3.37. The molecule has 0 radical (unpaired) electrons. The summed E-state index contributed by atoms with van der Waals surface area (Å²) in [6, 6.07) is 2.57. The van der Waals surface area contributed by atoms with Crippen LogP contribution in [0.1, 0.15) is 57.0 Å². The molecule has 0 spiro atoms. The zero-order chi connectivity index (χ0) is 20.7. The molecule has 9 heteroatoms. The predicted molar refractivity (Wildman–Crippen MR) is 103 cm³/mol. The van der Waals surface area contributed by atoms with Crippen LogP contribution >= 0.6 is 0 Å². The quantitative estimate of drug-likeness (QED) is 0.576. The second-order valence-electron chi connectivity index (χ2n) is 6.84. The Kier molecular flexibility index (Phi) is 8.06. The van der Waals surface area contributed by atoms with Gasteiger partial charge in [-0.2, -0.15) is 4.31 Å². The highest BCUT2D eigenvalue weighted by Gasteiger charge is 2.35. The maximum absolute atomic E-state index is 12.8. The van der Waals surface area contributed by atoms with Crippen LogP contribution < -0.4 is 0 Å². The van der Waals surface area contributed by atoms with Crippen LogP contribution in [0.15, 0.2) is 21.6 Å². The van der Waals surface area contributed by atoms with Crippen LogP contribution in [0.2, 0.25) is 0 Å². The molecule has 158 valence electrons. The molecular weight excluding hydrogens is 384 g/mol. The molecule has 1 aromatic rings. The van der Waals surface area contributed by atoms with E-state index in [1.807, 2.05) is 18.7 Å². The lowest BCUT2D eigenvalue weighted by Crippen LogP contribution is -2.44. The average molecular weight is 415 g/mol. The Morgan fingerprint density at radius 1 is 1.14 bits per heavy atom. The van der Waals surface area contributed by atoms with E-state index in [0.29, 0.717) is 12.8 Å². The van der Waals surface area contributed by atoms with Crippen LogP contribution in [-0.2, 0) is 19.6 Å². The van der Waals surface area contributed by atoms with Gasteiger partial charge in [0.2, 0.25) is 16.8 Å². The van der Waals surface area contributed by atoms with Crippen molar-refractivity contribution in [1.82, 2.24) is 9.21 Å². The number of piperidine rings is 1. The second kappa shape index (κ2) is 10.1. The van der Waals surface area contributed by atoms with Crippen molar-refractivity contribution in [3.63, 3.8) is 0 Å². The SMILES string of the molecule is CCCN(CCC)C(=O)C1CCN(S(=O)(=O)c2ccc(C(=O)OCC)o2)CC1. The summed E-state index contributed by atoms with van der Waals surface area (Å²) in [5.41, 5.74) is 0. The maximum atomic E-state index is 12.8. The topological polar surface area (TPSA) is 97.1 Å². The number of furan rings is 1. The van der Waals surface area contributed by atoms with Crippen molar-refractivity contribution in [3.8, 4) is 0 Å². The maximum Gasteiger partial charge on any atom is 0.374 e. The molecule has 0 bridgehead atoms. The number of amides is 1. The third kappa shape index (κ3) is 5.14. The summed E-state index contributed by atoms with van der Waals surface area (Å²) < 4.78 is 36.9. The summed E-state index contributed by atoms with van der Waals surface area (Å²) in [6.07, 6.45) is 2.77. The molecule has 1 aliphatic rings. The number of nitrogens with zero attached hydrogens (tertiary/aromatic N) is 2. The Labute approximate surface area is 166 Å². The third-order valence-corrected chi connectivity index (χ3v) is 6.53. The first-order valence-corrected chi connectivity index (χ1v) is 11.3. The summed E-state index contributed by atoms with van der Waals surface area (Å²) in [4.78, 5) is 26.3. The molecule has 8 nitrogen and oxygen atoms in total. The van der Waals surface area contributed by atoms with Gasteiger partial charge in [0.25, 0.3) is 10.0 Å². The van der Waals surface area contributed by atoms with Gasteiger partial charge in [0, 0.05) is 32.1 Å². The first kappa shape index (κ1) is 22.4. The van der Waals surface area contributed by atoms with Crippen LogP contribution in [-0.4, -0.2) is 62.3 Å². The minimum Gasteiger partial charge on any atom is -0.460 e. The van der Waals surface area contributed by atoms with Gasteiger partial charge in [-0.25, -0.2) is 13.2 Å². The number of rotatable bonds is 9. The lowest BCUT2D eigenvalue weighted by atomic mass is 9.96. The summed E-state index contributed by atoms with van der Waals surface area (Å²) in [5, 5.41) is -0.279. The number of carbonyl (C=O) groups excluding carboxylic acids is 2. The molecule has 0 saturated carbocycles. The van der Waals surface area contributed by atoms with Crippen molar-refractivity contribution in [3.05, 3.63) is 17.9 Å². The Balaban J connectivity index is 2.01. The molecule has 2 rings (SSSR count).